The molecule has 12 aromatic rings. The van der Waals surface area contributed by atoms with Crippen LogP contribution in [0.4, 0.5) is 0 Å². The molecule has 0 heterocycles. The van der Waals surface area contributed by atoms with Gasteiger partial charge in [0.2, 0.25) is 0 Å². The Labute approximate surface area is 418 Å². The number of benzene rings is 12. The maximum atomic E-state index is 12.8. The van der Waals surface area contributed by atoms with Crippen molar-refractivity contribution in [3.8, 4) is 56.0 Å². The fourth-order valence-corrected chi connectivity index (χ4v) is 10.5. The van der Waals surface area contributed by atoms with E-state index in [0.29, 0.717) is 11.1 Å². The third-order valence-corrected chi connectivity index (χ3v) is 14.0. The molecule has 0 aliphatic rings. The molecule has 0 aliphatic heterocycles. The maximum Gasteiger partial charge on any atom is 0.132 e. The van der Waals surface area contributed by atoms with E-state index in [9.17, 15) is 10.2 Å². The Bertz CT molecular complexity index is 3740. The van der Waals surface area contributed by atoms with Gasteiger partial charge in [-0.3, -0.25) is 9.98 Å². The number of phenols is 2. The molecule has 72 heavy (non-hydrogen) atoms. The molecule has 12 rings (SSSR count). The van der Waals surface area contributed by atoms with Crippen LogP contribution in [-0.2, 0) is 0 Å². The van der Waals surface area contributed by atoms with E-state index in [2.05, 4.69) is 170 Å². The number of fused-ring (bicyclic) bond motifs is 4. The van der Waals surface area contributed by atoms with E-state index in [1.165, 1.54) is 0 Å². The van der Waals surface area contributed by atoms with Crippen LogP contribution in [0.1, 0.15) is 34.3 Å². The number of aliphatic imine (C=N–C) groups is 2. The van der Waals surface area contributed by atoms with Gasteiger partial charge in [-0.2, -0.15) is 0 Å². The van der Waals surface area contributed by atoms with Gasteiger partial charge in [0.1, 0.15) is 23.6 Å². The quantitative estimate of drug-likeness (QED) is 0.127. The fourth-order valence-electron chi connectivity index (χ4n) is 10.5. The Morgan fingerprint density at radius 2 is 0.597 bits per heavy atom. The van der Waals surface area contributed by atoms with Crippen LogP contribution in [0.2, 0.25) is 0 Å². The average molecular weight is 925 g/mol. The van der Waals surface area contributed by atoms with Gasteiger partial charge < -0.3 is 10.2 Å². The second-order valence-electron chi connectivity index (χ2n) is 18.2. The molecule has 0 amide bonds. The third-order valence-electron chi connectivity index (χ3n) is 14.0. The summed E-state index contributed by atoms with van der Waals surface area (Å²) in [6.45, 7) is 0. The van der Waals surface area contributed by atoms with Crippen molar-refractivity contribution in [1.82, 2.24) is 0 Å². The summed E-state index contributed by atoms with van der Waals surface area (Å²) in [5.74, 6) is 0.295. The molecule has 2 atom stereocenters. The highest BCUT2D eigenvalue weighted by Gasteiger charge is 2.26. The summed E-state index contributed by atoms with van der Waals surface area (Å²) < 4.78 is 0. The third kappa shape index (κ3) is 8.15. The van der Waals surface area contributed by atoms with Crippen LogP contribution < -0.4 is 0 Å². The minimum atomic E-state index is -0.540. The maximum absolute atomic E-state index is 12.8. The van der Waals surface area contributed by atoms with Gasteiger partial charge in [0.15, 0.2) is 0 Å². The lowest BCUT2D eigenvalue weighted by molar-refractivity contribution is 0.476. The number of phenolic OH excluding ortho intramolecular Hbond substituents is 2. The molecule has 4 heteroatoms. The Morgan fingerprint density at radius 3 is 0.972 bits per heavy atom. The SMILES string of the molecule is Oc1c(C=N[C@H](c2ccccc2)[C@H](N=Cc2cc3ccccc3c(-c3c(-c4ccccc4)ccc4ccccc34)c2O)c2ccccc2)cc2ccccc2c1-c1c(-c2ccccc2)ccc2ccccc12. The van der Waals surface area contributed by atoms with E-state index >= 15 is 0 Å². The lowest BCUT2D eigenvalue weighted by Crippen LogP contribution is -2.09. The molecule has 0 saturated heterocycles. The summed E-state index contributed by atoms with van der Waals surface area (Å²) in [5.41, 5.74) is 10.7. The Hall–Kier alpha value is -9.38. The second kappa shape index (κ2) is 19.2. The van der Waals surface area contributed by atoms with Gasteiger partial charge in [0.05, 0.1) is 0 Å². The van der Waals surface area contributed by atoms with Crippen molar-refractivity contribution in [2.45, 2.75) is 12.1 Å². The van der Waals surface area contributed by atoms with Crippen molar-refractivity contribution in [2.24, 2.45) is 9.98 Å². The van der Waals surface area contributed by atoms with Crippen molar-refractivity contribution in [3.63, 3.8) is 0 Å². The van der Waals surface area contributed by atoms with Crippen LogP contribution in [-0.4, -0.2) is 22.6 Å². The first-order valence-electron chi connectivity index (χ1n) is 24.4. The van der Waals surface area contributed by atoms with Crippen LogP contribution in [0, 0.1) is 0 Å². The standard InChI is InChI=1S/C68H48N2O2/c71-67-53(41-51-31-15-19-35-57(51)63(67)61-55-33-17-13-25-47(55)37-39-59(61)45-21-5-1-6-22-45)43-69-65(49-27-9-3-10-28-49)66(50-29-11-4-12-30-50)70-44-54-42-52-32-16-20-36-58(52)64(68(54)72)62-56-34-18-14-26-48(56)38-40-60(62)46-23-7-2-8-24-46/h1-44,65-66,71-72H/t65-,66-/m1/s1. The van der Waals surface area contributed by atoms with E-state index in [4.69, 9.17) is 9.98 Å². The first-order chi connectivity index (χ1) is 35.6. The second-order valence-corrected chi connectivity index (χ2v) is 18.2. The molecular formula is C68H48N2O2. The van der Waals surface area contributed by atoms with Gasteiger partial charge in [-0.1, -0.05) is 243 Å². The monoisotopic (exact) mass is 924 g/mol. The molecule has 12 aromatic carbocycles. The Kier molecular flexibility index (Phi) is 11.7. The number of hydrogen-bond acceptors (Lipinski definition) is 4. The highest BCUT2D eigenvalue weighted by molar-refractivity contribution is 6.16. The Morgan fingerprint density at radius 1 is 0.292 bits per heavy atom. The lowest BCUT2D eigenvalue weighted by atomic mass is 9.86. The molecule has 342 valence electrons. The minimum Gasteiger partial charge on any atom is -0.507 e. The van der Waals surface area contributed by atoms with Crippen LogP contribution in [0.3, 0.4) is 0 Å². The smallest absolute Gasteiger partial charge is 0.132 e. The van der Waals surface area contributed by atoms with Crippen molar-refractivity contribution >= 4 is 55.5 Å². The predicted molar refractivity (Wildman–Crippen MR) is 302 cm³/mol. The molecule has 4 nitrogen and oxygen atoms in total. The molecule has 0 fully saturated rings. The van der Waals surface area contributed by atoms with Crippen molar-refractivity contribution in [2.75, 3.05) is 0 Å². The highest BCUT2D eigenvalue weighted by Crippen LogP contribution is 2.49. The van der Waals surface area contributed by atoms with Gasteiger partial charge in [0.25, 0.3) is 0 Å². The van der Waals surface area contributed by atoms with E-state index in [0.717, 1.165) is 98.7 Å². The summed E-state index contributed by atoms with van der Waals surface area (Å²) in [6, 6.07) is 86.1. The van der Waals surface area contributed by atoms with Gasteiger partial charge in [-0.15, -0.1) is 0 Å². The lowest BCUT2D eigenvalue weighted by Gasteiger charge is -2.23. The topological polar surface area (TPSA) is 65.2 Å². The summed E-state index contributed by atoms with van der Waals surface area (Å²) in [7, 11) is 0. The number of hydrogen-bond donors (Lipinski definition) is 2. The molecule has 0 aromatic heterocycles. The van der Waals surface area contributed by atoms with Crippen molar-refractivity contribution in [1.29, 1.82) is 0 Å². The van der Waals surface area contributed by atoms with Crippen LogP contribution >= 0.6 is 0 Å². The van der Waals surface area contributed by atoms with Gasteiger partial charge >= 0.3 is 0 Å². The largest absolute Gasteiger partial charge is 0.507 e. The summed E-state index contributed by atoms with van der Waals surface area (Å²) in [6.07, 6.45) is 3.64. The first kappa shape index (κ1) is 43.9. The first-order valence-corrected chi connectivity index (χ1v) is 24.4. The molecule has 0 unspecified atom stereocenters. The van der Waals surface area contributed by atoms with Crippen molar-refractivity contribution in [3.05, 3.63) is 277 Å². The molecule has 0 bridgehead atoms. The van der Waals surface area contributed by atoms with Crippen LogP contribution in [0.5, 0.6) is 11.5 Å². The van der Waals surface area contributed by atoms with E-state index in [-0.39, 0.29) is 11.5 Å². The van der Waals surface area contributed by atoms with Gasteiger partial charge in [0, 0.05) is 45.8 Å². The predicted octanol–water partition coefficient (Wildman–Crippen LogP) is 17.4. The fraction of sp³-hybridized carbons (Fsp3) is 0.0294. The van der Waals surface area contributed by atoms with Crippen LogP contribution in [0.25, 0.3) is 87.6 Å². The summed E-state index contributed by atoms with van der Waals surface area (Å²) in [4.78, 5) is 10.9. The van der Waals surface area contributed by atoms with E-state index < -0.39 is 12.1 Å². The molecule has 0 radical (unpaired) electrons. The van der Waals surface area contributed by atoms with E-state index in [1.54, 1.807) is 0 Å². The zero-order valence-corrected chi connectivity index (χ0v) is 39.3. The molecule has 0 aliphatic carbocycles. The number of nitrogens with zero attached hydrogens (tertiary/aromatic N) is 2. The van der Waals surface area contributed by atoms with Crippen LogP contribution in [0.15, 0.2) is 265 Å². The molecule has 0 spiro atoms. The highest BCUT2D eigenvalue weighted by atomic mass is 16.3. The Balaban J connectivity index is 1.04. The van der Waals surface area contributed by atoms with Crippen molar-refractivity contribution < 1.29 is 10.2 Å². The van der Waals surface area contributed by atoms with E-state index in [1.807, 2.05) is 97.4 Å². The van der Waals surface area contributed by atoms with Gasteiger partial charge in [-0.05, 0) is 88.6 Å². The molecular weight excluding hydrogens is 877 g/mol. The van der Waals surface area contributed by atoms with Gasteiger partial charge in [-0.25, -0.2) is 0 Å². The normalized spacial score (nSPS) is 12.6. The molecule has 0 saturated carbocycles. The number of aromatic hydroxyl groups is 2. The molecule has 2 N–H and O–H groups in total. The summed E-state index contributed by atoms with van der Waals surface area (Å²) >= 11 is 0. The summed E-state index contributed by atoms with van der Waals surface area (Å²) in [5, 5.41) is 33.7. The number of rotatable bonds is 11. The zero-order chi connectivity index (χ0) is 48.4. The zero-order valence-electron chi connectivity index (χ0n) is 39.3. The average Bonchev–Trinajstić information content (AvgIpc) is 3.44. The minimum absolute atomic E-state index is 0.148.